The molecule has 1 unspecified atom stereocenters. The topological polar surface area (TPSA) is 53.6 Å². The normalized spacial score (nSPS) is 19.5. The molecule has 2 aliphatic heterocycles. The summed E-state index contributed by atoms with van der Waals surface area (Å²) in [5.74, 6) is -0.0820. The van der Waals surface area contributed by atoms with E-state index in [1.165, 1.54) is 11.3 Å². The van der Waals surface area contributed by atoms with E-state index >= 15 is 0 Å². The molecule has 4 rings (SSSR count). The molecule has 0 aromatic heterocycles. The van der Waals surface area contributed by atoms with E-state index in [4.69, 9.17) is 4.74 Å². The van der Waals surface area contributed by atoms with Crippen LogP contribution >= 0.6 is 0 Å². The van der Waals surface area contributed by atoms with Gasteiger partial charge in [-0.25, -0.2) is 0 Å². The number of hydrogen-bond donors (Lipinski definition) is 2. The Morgan fingerprint density at radius 1 is 1.20 bits per heavy atom. The first-order chi connectivity index (χ1) is 12.3. The summed E-state index contributed by atoms with van der Waals surface area (Å²) < 4.78 is 5.55. The number of carbonyl (C=O) groups excluding carboxylic acids is 1. The third kappa shape index (κ3) is 3.52. The van der Waals surface area contributed by atoms with Crippen LogP contribution < -0.4 is 15.5 Å². The average Bonchev–Trinajstić information content (AvgIpc) is 3.07. The van der Waals surface area contributed by atoms with Gasteiger partial charge in [-0.15, -0.1) is 0 Å². The zero-order valence-corrected chi connectivity index (χ0v) is 14.2. The average molecular weight is 337 g/mol. The van der Waals surface area contributed by atoms with Crippen molar-refractivity contribution >= 4 is 17.3 Å². The Morgan fingerprint density at radius 2 is 2.04 bits per heavy atom. The highest BCUT2D eigenvalue weighted by molar-refractivity contribution is 5.95. The standard InChI is InChI=1S/C20H23N3O2/c24-20(19-13-21-10-12-25-19)22-17-7-3-1-6-16(17)14-23-11-9-15-5-2-4-8-18(15)23/h1-8,19,21H,9-14H2,(H,22,24). The number of amides is 1. The molecule has 1 atom stereocenters. The Balaban J connectivity index is 1.49. The first-order valence-corrected chi connectivity index (χ1v) is 8.85. The Labute approximate surface area is 148 Å². The van der Waals surface area contributed by atoms with Gasteiger partial charge in [0.05, 0.1) is 6.61 Å². The highest BCUT2D eigenvalue weighted by atomic mass is 16.5. The van der Waals surface area contributed by atoms with Crippen molar-refractivity contribution in [1.29, 1.82) is 0 Å². The van der Waals surface area contributed by atoms with Crippen molar-refractivity contribution in [2.24, 2.45) is 0 Å². The van der Waals surface area contributed by atoms with Crippen LogP contribution in [0.4, 0.5) is 11.4 Å². The van der Waals surface area contributed by atoms with Gasteiger partial charge in [-0.05, 0) is 29.7 Å². The van der Waals surface area contributed by atoms with E-state index in [2.05, 4.69) is 45.9 Å². The lowest BCUT2D eigenvalue weighted by Gasteiger charge is -2.24. The highest BCUT2D eigenvalue weighted by Gasteiger charge is 2.23. The molecule has 2 aliphatic rings. The number of fused-ring (bicyclic) bond motifs is 1. The second-order valence-electron chi connectivity index (χ2n) is 6.51. The molecule has 2 heterocycles. The van der Waals surface area contributed by atoms with Crippen LogP contribution in [-0.2, 0) is 22.5 Å². The predicted molar refractivity (Wildman–Crippen MR) is 98.9 cm³/mol. The minimum atomic E-state index is -0.422. The molecule has 2 aromatic carbocycles. The van der Waals surface area contributed by atoms with E-state index in [0.717, 1.165) is 37.3 Å². The van der Waals surface area contributed by atoms with Gasteiger partial charge >= 0.3 is 0 Å². The van der Waals surface area contributed by atoms with Gasteiger partial charge in [0.2, 0.25) is 0 Å². The molecule has 2 aromatic rings. The van der Waals surface area contributed by atoms with Gasteiger partial charge in [-0.3, -0.25) is 4.79 Å². The van der Waals surface area contributed by atoms with Crippen molar-refractivity contribution in [2.75, 3.05) is 36.5 Å². The van der Waals surface area contributed by atoms with Crippen molar-refractivity contribution in [3.63, 3.8) is 0 Å². The number of benzene rings is 2. The molecule has 2 N–H and O–H groups in total. The van der Waals surface area contributed by atoms with E-state index < -0.39 is 6.10 Å². The summed E-state index contributed by atoms with van der Waals surface area (Å²) >= 11 is 0. The van der Waals surface area contributed by atoms with E-state index in [-0.39, 0.29) is 5.91 Å². The van der Waals surface area contributed by atoms with Gasteiger partial charge in [0.25, 0.3) is 5.91 Å². The third-order valence-electron chi connectivity index (χ3n) is 4.84. The maximum atomic E-state index is 12.5. The Morgan fingerprint density at radius 3 is 2.92 bits per heavy atom. The third-order valence-corrected chi connectivity index (χ3v) is 4.84. The van der Waals surface area contributed by atoms with E-state index in [1.54, 1.807) is 0 Å². The summed E-state index contributed by atoms with van der Waals surface area (Å²) in [6.45, 7) is 3.74. The smallest absolute Gasteiger partial charge is 0.254 e. The van der Waals surface area contributed by atoms with Crippen LogP contribution in [0.5, 0.6) is 0 Å². The number of hydrogen-bond acceptors (Lipinski definition) is 4. The van der Waals surface area contributed by atoms with E-state index in [0.29, 0.717) is 13.2 Å². The van der Waals surface area contributed by atoms with Gasteiger partial charge in [0, 0.05) is 37.6 Å². The first-order valence-electron chi connectivity index (χ1n) is 8.85. The van der Waals surface area contributed by atoms with Crippen LogP contribution in [0.3, 0.4) is 0 Å². The molecule has 1 saturated heterocycles. The molecule has 5 heteroatoms. The van der Waals surface area contributed by atoms with E-state index in [1.807, 2.05) is 18.2 Å². The fraction of sp³-hybridized carbons (Fsp3) is 0.350. The largest absolute Gasteiger partial charge is 0.367 e. The summed E-state index contributed by atoms with van der Waals surface area (Å²) in [4.78, 5) is 14.8. The maximum Gasteiger partial charge on any atom is 0.254 e. The highest BCUT2D eigenvalue weighted by Crippen LogP contribution is 2.30. The summed E-state index contributed by atoms with van der Waals surface area (Å²) in [6, 6.07) is 16.6. The molecule has 1 fully saturated rings. The predicted octanol–water partition coefficient (Wildman–Crippen LogP) is 2.18. The summed E-state index contributed by atoms with van der Waals surface area (Å²) in [7, 11) is 0. The van der Waals surface area contributed by atoms with Crippen LogP contribution in [0.1, 0.15) is 11.1 Å². The molecule has 0 radical (unpaired) electrons. The lowest BCUT2D eigenvalue weighted by Crippen LogP contribution is -2.45. The molecule has 1 amide bonds. The lowest BCUT2D eigenvalue weighted by atomic mass is 10.1. The second-order valence-corrected chi connectivity index (χ2v) is 6.51. The van der Waals surface area contributed by atoms with Gasteiger partial charge in [-0.1, -0.05) is 36.4 Å². The minimum Gasteiger partial charge on any atom is -0.367 e. The van der Waals surface area contributed by atoms with Crippen LogP contribution in [-0.4, -0.2) is 38.3 Å². The summed E-state index contributed by atoms with van der Waals surface area (Å²) in [5, 5.41) is 6.24. The van der Waals surface area contributed by atoms with Crippen molar-refractivity contribution in [3.05, 3.63) is 59.7 Å². The van der Waals surface area contributed by atoms with Gasteiger partial charge < -0.3 is 20.3 Å². The van der Waals surface area contributed by atoms with E-state index in [9.17, 15) is 4.79 Å². The lowest BCUT2D eigenvalue weighted by molar-refractivity contribution is -0.128. The minimum absolute atomic E-state index is 0.0820. The first kappa shape index (κ1) is 16.1. The number of anilines is 2. The summed E-state index contributed by atoms with van der Waals surface area (Å²) in [5.41, 5.74) is 4.68. The van der Waals surface area contributed by atoms with Gasteiger partial charge in [0.15, 0.2) is 0 Å². The summed E-state index contributed by atoms with van der Waals surface area (Å²) in [6.07, 6.45) is 0.654. The fourth-order valence-corrected chi connectivity index (χ4v) is 3.50. The molecule has 130 valence electrons. The number of ether oxygens (including phenoxy) is 1. The quantitative estimate of drug-likeness (QED) is 0.898. The fourth-order valence-electron chi connectivity index (χ4n) is 3.50. The Bertz CT molecular complexity index is 756. The van der Waals surface area contributed by atoms with Gasteiger partial charge in [0.1, 0.15) is 6.10 Å². The molecular formula is C20H23N3O2. The molecular weight excluding hydrogens is 314 g/mol. The monoisotopic (exact) mass is 337 g/mol. The molecule has 25 heavy (non-hydrogen) atoms. The number of nitrogens with one attached hydrogen (secondary N) is 2. The molecule has 0 bridgehead atoms. The van der Waals surface area contributed by atoms with Gasteiger partial charge in [-0.2, -0.15) is 0 Å². The molecule has 0 aliphatic carbocycles. The van der Waals surface area contributed by atoms with Crippen molar-refractivity contribution in [2.45, 2.75) is 19.1 Å². The second kappa shape index (κ2) is 7.25. The number of nitrogens with zero attached hydrogens (tertiary/aromatic N) is 1. The van der Waals surface area contributed by atoms with Crippen LogP contribution in [0.25, 0.3) is 0 Å². The Hall–Kier alpha value is -2.37. The Kier molecular flexibility index (Phi) is 4.68. The number of para-hydroxylation sites is 2. The van der Waals surface area contributed by atoms with Crippen molar-refractivity contribution in [1.82, 2.24) is 5.32 Å². The number of carbonyl (C=O) groups is 1. The van der Waals surface area contributed by atoms with Crippen LogP contribution in [0, 0.1) is 0 Å². The molecule has 0 saturated carbocycles. The van der Waals surface area contributed by atoms with Crippen molar-refractivity contribution in [3.8, 4) is 0 Å². The SMILES string of the molecule is O=C(Nc1ccccc1CN1CCc2ccccc21)C1CNCCO1. The number of morpholine rings is 1. The molecule has 0 spiro atoms. The maximum absolute atomic E-state index is 12.5. The zero-order valence-electron chi connectivity index (χ0n) is 14.2. The zero-order chi connectivity index (χ0) is 17.1. The van der Waals surface area contributed by atoms with Crippen LogP contribution in [0.15, 0.2) is 48.5 Å². The molecule has 5 nitrogen and oxygen atoms in total. The number of rotatable bonds is 4. The van der Waals surface area contributed by atoms with Crippen LogP contribution in [0.2, 0.25) is 0 Å². The van der Waals surface area contributed by atoms with Crippen molar-refractivity contribution < 1.29 is 9.53 Å².